The van der Waals surface area contributed by atoms with Crippen LogP contribution in [0.1, 0.15) is 50.4 Å². The number of para-hydroxylation sites is 1. The zero-order valence-corrected chi connectivity index (χ0v) is 27.8. The van der Waals surface area contributed by atoms with Crippen molar-refractivity contribution in [2.75, 3.05) is 6.61 Å². The van der Waals surface area contributed by atoms with Gasteiger partial charge in [0.1, 0.15) is 24.1 Å². The van der Waals surface area contributed by atoms with Gasteiger partial charge in [-0.05, 0) is 80.1 Å². The molecule has 4 aromatic rings. The van der Waals surface area contributed by atoms with Crippen molar-refractivity contribution in [3.8, 4) is 11.5 Å². The fourth-order valence-corrected chi connectivity index (χ4v) is 7.12. The Balaban J connectivity index is 1.69. The van der Waals surface area contributed by atoms with Crippen molar-refractivity contribution in [2.24, 2.45) is 4.99 Å². The normalized spacial score (nSPS) is 14.9. The average molecular weight is 729 g/mol. The van der Waals surface area contributed by atoms with Crippen LogP contribution in [0.3, 0.4) is 0 Å². The van der Waals surface area contributed by atoms with Crippen molar-refractivity contribution in [2.45, 2.75) is 46.4 Å². The number of nitrogens with zero attached hydrogens (tertiary/aromatic N) is 2. The molecule has 7 nitrogen and oxygen atoms in total. The molecule has 1 aliphatic heterocycles. The van der Waals surface area contributed by atoms with Gasteiger partial charge in [0.05, 0.1) is 32.1 Å². The average Bonchev–Trinajstić information content (AvgIpc) is 3.26. The lowest BCUT2D eigenvalue weighted by Gasteiger charge is -2.26. The lowest BCUT2D eigenvalue weighted by atomic mass is 9.95. The van der Waals surface area contributed by atoms with E-state index in [-0.39, 0.29) is 18.3 Å². The van der Waals surface area contributed by atoms with E-state index in [1.165, 1.54) is 11.3 Å². The number of fused-ring (bicyclic) bond motifs is 1. The maximum absolute atomic E-state index is 14.2. The summed E-state index contributed by atoms with van der Waals surface area (Å²) >= 11 is 9.89. The van der Waals surface area contributed by atoms with Gasteiger partial charge in [-0.25, -0.2) is 9.79 Å². The van der Waals surface area contributed by atoms with Crippen LogP contribution in [0.4, 0.5) is 0 Å². The highest BCUT2D eigenvalue weighted by Gasteiger charge is 2.35. The quantitative estimate of drug-likeness (QED) is 0.147. The molecule has 0 spiro atoms. The number of hydrogen-bond acceptors (Lipinski definition) is 7. The molecule has 43 heavy (non-hydrogen) atoms. The van der Waals surface area contributed by atoms with Crippen LogP contribution < -0.4 is 24.4 Å². The van der Waals surface area contributed by atoms with E-state index in [2.05, 4.69) is 22.6 Å². The molecule has 222 valence electrons. The van der Waals surface area contributed by atoms with Crippen LogP contribution in [0, 0.1) is 3.57 Å². The van der Waals surface area contributed by atoms with Gasteiger partial charge < -0.3 is 14.2 Å². The summed E-state index contributed by atoms with van der Waals surface area (Å²) in [4.78, 5) is 32.7. The lowest BCUT2D eigenvalue weighted by molar-refractivity contribution is -0.139. The molecule has 0 fully saturated rings. The molecule has 0 bridgehead atoms. The summed E-state index contributed by atoms with van der Waals surface area (Å²) in [6.07, 6.45) is 1.66. The number of ether oxygens (including phenoxy) is 3. The molecule has 0 aliphatic carbocycles. The standard InChI is InChI=1S/C33H30ClIN2O5S/c1-5-40-32(39)28-20(4)36-33-37(29(28)24-13-9-10-14-26(24)42-19(2)3)31(38)27(43-33)16-22-15-23(34)17-25(35)30(22)41-18-21-11-7-6-8-12-21/h6-17,19,29H,5,18H2,1-4H3/b27-16-/t29-/m0/s1. The van der Waals surface area contributed by atoms with E-state index in [9.17, 15) is 9.59 Å². The second-order valence-corrected chi connectivity index (χ2v) is 12.7. The van der Waals surface area contributed by atoms with Crippen molar-refractivity contribution in [3.63, 3.8) is 0 Å². The van der Waals surface area contributed by atoms with Crippen LogP contribution in [-0.2, 0) is 16.1 Å². The van der Waals surface area contributed by atoms with E-state index in [0.29, 0.717) is 54.9 Å². The third-order valence-electron chi connectivity index (χ3n) is 6.64. The third kappa shape index (κ3) is 6.73. The van der Waals surface area contributed by atoms with Crippen LogP contribution in [0.15, 0.2) is 87.8 Å². The predicted molar refractivity (Wildman–Crippen MR) is 178 cm³/mol. The van der Waals surface area contributed by atoms with Gasteiger partial charge in [0.25, 0.3) is 5.56 Å². The van der Waals surface area contributed by atoms with Crippen LogP contribution in [0.2, 0.25) is 5.02 Å². The summed E-state index contributed by atoms with van der Waals surface area (Å²) in [5.41, 5.74) is 2.84. The Hall–Kier alpha value is -3.41. The van der Waals surface area contributed by atoms with E-state index < -0.39 is 12.0 Å². The molecule has 0 amide bonds. The summed E-state index contributed by atoms with van der Waals surface area (Å²) in [5, 5.41) is 0.522. The second kappa shape index (κ2) is 13.5. The zero-order valence-electron chi connectivity index (χ0n) is 24.1. The number of hydrogen-bond donors (Lipinski definition) is 0. The smallest absolute Gasteiger partial charge is 0.338 e. The number of halogens is 2. The molecule has 0 N–H and O–H groups in total. The highest BCUT2D eigenvalue weighted by Crippen LogP contribution is 2.36. The Morgan fingerprint density at radius 3 is 2.58 bits per heavy atom. The number of thiazole rings is 1. The Labute approximate surface area is 272 Å². The van der Waals surface area contributed by atoms with Crippen LogP contribution in [0.5, 0.6) is 11.5 Å². The molecule has 1 aromatic heterocycles. The van der Waals surface area contributed by atoms with Crippen LogP contribution >= 0.6 is 45.5 Å². The van der Waals surface area contributed by atoms with Gasteiger partial charge in [-0.1, -0.05) is 71.5 Å². The number of aromatic nitrogens is 1. The van der Waals surface area contributed by atoms with Crippen LogP contribution in [-0.4, -0.2) is 23.2 Å². The van der Waals surface area contributed by atoms with Gasteiger partial charge in [-0.2, -0.15) is 0 Å². The maximum Gasteiger partial charge on any atom is 0.338 e. The first-order chi connectivity index (χ1) is 20.7. The maximum atomic E-state index is 14.2. The van der Waals surface area contributed by atoms with E-state index in [1.807, 2.05) is 74.5 Å². The van der Waals surface area contributed by atoms with Crippen LogP contribution in [0.25, 0.3) is 6.08 Å². The lowest BCUT2D eigenvalue weighted by Crippen LogP contribution is -2.40. The van der Waals surface area contributed by atoms with Gasteiger partial charge in [-0.15, -0.1) is 0 Å². The molecule has 1 atom stereocenters. The molecular weight excluding hydrogens is 699 g/mol. The Kier molecular flexibility index (Phi) is 9.73. The molecule has 2 heterocycles. The van der Waals surface area contributed by atoms with E-state index in [1.54, 1.807) is 30.6 Å². The Bertz CT molecular complexity index is 1880. The second-order valence-electron chi connectivity index (χ2n) is 10.1. The zero-order chi connectivity index (χ0) is 30.7. The molecule has 10 heteroatoms. The monoisotopic (exact) mass is 728 g/mol. The highest BCUT2D eigenvalue weighted by molar-refractivity contribution is 14.1. The van der Waals surface area contributed by atoms with E-state index in [0.717, 1.165) is 9.13 Å². The molecule has 1 aliphatic rings. The summed E-state index contributed by atoms with van der Waals surface area (Å²) in [7, 11) is 0. The number of allylic oxidation sites excluding steroid dienone is 1. The molecule has 0 saturated heterocycles. The first-order valence-electron chi connectivity index (χ1n) is 13.8. The van der Waals surface area contributed by atoms with Gasteiger partial charge in [0, 0.05) is 16.1 Å². The van der Waals surface area contributed by atoms with Crippen molar-refractivity contribution >= 4 is 57.6 Å². The number of carbonyl (C=O) groups excluding carboxylic acids is 1. The van der Waals surface area contributed by atoms with Crippen molar-refractivity contribution in [3.05, 3.63) is 123 Å². The third-order valence-corrected chi connectivity index (χ3v) is 8.65. The van der Waals surface area contributed by atoms with Gasteiger partial charge in [0.2, 0.25) is 0 Å². The minimum absolute atomic E-state index is 0.118. The number of benzene rings is 3. The SMILES string of the molecule is CCOC(=O)C1=C(C)N=c2s/c(=C\c3cc(Cl)cc(I)c3OCc3ccccc3)c(=O)n2[C@H]1c1ccccc1OC(C)C. The summed E-state index contributed by atoms with van der Waals surface area (Å²) in [6, 6.07) is 20.1. The highest BCUT2D eigenvalue weighted by atomic mass is 127. The van der Waals surface area contributed by atoms with Gasteiger partial charge >= 0.3 is 5.97 Å². The van der Waals surface area contributed by atoms with E-state index in [4.69, 9.17) is 30.8 Å². The molecule has 5 rings (SSSR count). The Morgan fingerprint density at radius 1 is 1.14 bits per heavy atom. The van der Waals surface area contributed by atoms with Crippen molar-refractivity contribution in [1.82, 2.24) is 4.57 Å². The minimum atomic E-state index is -0.791. The fraction of sp³-hybridized carbons (Fsp3) is 0.242. The molecule has 0 radical (unpaired) electrons. The Morgan fingerprint density at radius 2 is 1.86 bits per heavy atom. The number of esters is 1. The van der Waals surface area contributed by atoms with Crippen molar-refractivity contribution < 1.29 is 19.0 Å². The minimum Gasteiger partial charge on any atom is -0.491 e. The summed E-state index contributed by atoms with van der Waals surface area (Å²) in [5.74, 6) is 0.674. The van der Waals surface area contributed by atoms with Gasteiger partial charge in [-0.3, -0.25) is 9.36 Å². The summed E-state index contributed by atoms with van der Waals surface area (Å²) < 4.78 is 20.6. The largest absolute Gasteiger partial charge is 0.491 e. The first kappa shape index (κ1) is 31.0. The van der Waals surface area contributed by atoms with Gasteiger partial charge in [0.15, 0.2) is 4.80 Å². The molecule has 3 aromatic carbocycles. The molecule has 0 saturated carbocycles. The first-order valence-corrected chi connectivity index (χ1v) is 16.1. The predicted octanol–water partition coefficient (Wildman–Crippen LogP) is 6.42. The molecular formula is C33H30ClIN2O5S. The molecule has 0 unspecified atom stereocenters. The fourth-order valence-electron chi connectivity index (χ4n) is 4.86. The summed E-state index contributed by atoms with van der Waals surface area (Å²) in [6.45, 7) is 7.92. The topological polar surface area (TPSA) is 79.1 Å². The number of rotatable bonds is 9. The van der Waals surface area contributed by atoms with E-state index >= 15 is 0 Å². The number of carbonyl (C=O) groups is 1. The van der Waals surface area contributed by atoms with Crippen molar-refractivity contribution in [1.29, 1.82) is 0 Å².